The summed E-state index contributed by atoms with van der Waals surface area (Å²) in [4.78, 5) is 29.6. The molecule has 2 fully saturated rings. The van der Waals surface area contributed by atoms with Crippen molar-refractivity contribution in [3.63, 3.8) is 0 Å². The average molecular weight is 460 g/mol. The van der Waals surface area contributed by atoms with Crippen LogP contribution < -0.4 is 10.6 Å². The topological polar surface area (TPSA) is 99.8 Å². The number of carbonyl (C=O) groups excluding carboxylic acids is 2. The van der Waals surface area contributed by atoms with Crippen molar-refractivity contribution >= 4 is 17.6 Å². The Morgan fingerprint density at radius 2 is 1.74 bits per heavy atom. The summed E-state index contributed by atoms with van der Waals surface area (Å²) in [7, 11) is 1.69. The molecule has 2 amide bonds. The monoisotopic (exact) mass is 459 g/mol. The van der Waals surface area contributed by atoms with Crippen LogP contribution in [0.2, 0.25) is 0 Å². The lowest BCUT2D eigenvalue weighted by Gasteiger charge is -2.16. The Morgan fingerprint density at radius 1 is 1.09 bits per heavy atom. The number of fused-ring (bicyclic) bond motifs is 2. The molecule has 2 saturated carbocycles. The Hall–Kier alpha value is -3.14. The summed E-state index contributed by atoms with van der Waals surface area (Å²) in [5, 5.41) is 15.5. The Morgan fingerprint density at radius 3 is 2.35 bits per heavy atom. The van der Waals surface area contributed by atoms with Gasteiger partial charge in [0.25, 0.3) is 0 Å². The Kier molecular flexibility index (Phi) is 5.50. The molecule has 0 radical (unpaired) electrons. The zero-order valence-electron chi connectivity index (χ0n) is 20.4. The van der Waals surface area contributed by atoms with Gasteiger partial charge in [0.1, 0.15) is 17.6 Å². The number of hydrogen-bond acceptors (Lipinski definition) is 4. The number of nitrogens with zero attached hydrogens (tertiary/aromatic N) is 3. The lowest BCUT2D eigenvalue weighted by Crippen LogP contribution is -2.27. The van der Waals surface area contributed by atoms with Crippen LogP contribution in [0.25, 0.3) is 11.1 Å². The number of anilines is 1. The van der Waals surface area contributed by atoms with Crippen LogP contribution in [0.1, 0.15) is 56.5 Å². The fourth-order valence-electron chi connectivity index (χ4n) is 6.58. The molecule has 1 aliphatic heterocycles. The number of pyridine rings is 1. The number of aromatic nitrogens is 2. The third-order valence-electron chi connectivity index (χ3n) is 8.20. The lowest BCUT2D eigenvalue weighted by molar-refractivity contribution is -0.124. The summed E-state index contributed by atoms with van der Waals surface area (Å²) >= 11 is 0. The highest BCUT2D eigenvalue weighted by Gasteiger charge is 2.45. The predicted octanol–water partition coefficient (Wildman–Crippen LogP) is 4.05. The SMILES string of the molecule is CNC(=O)[C@H]1C[C@@H]2C[C@@H](C(=O)Nc3cc(-c4cc(C#N)n5c4CC(C)(C)C5)c(C)cn3)C[C@@H]2C1. The molecule has 0 saturated heterocycles. The standard InChI is InChI=1S/C27H33N5O2/c1-15-13-30-24(10-21(15)22-9-20(12-28)32-14-27(2,3)11-23(22)32)31-26(34)19-7-16-5-18(25(33)29-4)6-17(16)8-19/h9-10,13,16-19H,5-8,11,14H2,1-4H3,(H,29,33)(H,30,31,34)/t16-,17+,18+,19-. The Bertz CT molecular complexity index is 1190. The molecule has 2 aliphatic carbocycles. The van der Waals surface area contributed by atoms with Gasteiger partial charge in [-0.15, -0.1) is 0 Å². The average Bonchev–Trinajstić information content (AvgIpc) is 3.52. The number of carbonyl (C=O) groups is 2. The van der Waals surface area contributed by atoms with Gasteiger partial charge in [0, 0.05) is 42.9 Å². The maximum atomic E-state index is 13.1. The van der Waals surface area contributed by atoms with Crippen molar-refractivity contribution in [3.8, 4) is 17.2 Å². The predicted molar refractivity (Wildman–Crippen MR) is 130 cm³/mol. The number of amides is 2. The quantitative estimate of drug-likeness (QED) is 0.720. The fraction of sp³-hybridized carbons (Fsp3) is 0.556. The van der Waals surface area contributed by atoms with E-state index in [9.17, 15) is 14.9 Å². The Labute approximate surface area is 200 Å². The van der Waals surface area contributed by atoms with E-state index in [4.69, 9.17) is 0 Å². The molecule has 4 atom stereocenters. The molecule has 34 heavy (non-hydrogen) atoms. The second kappa shape index (κ2) is 8.26. The first kappa shape index (κ1) is 22.6. The molecule has 2 N–H and O–H groups in total. The van der Waals surface area contributed by atoms with Crippen molar-refractivity contribution in [2.45, 2.75) is 59.4 Å². The molecule has 7 heteroatoms. The smallest absolute Gasteiger partial charge is 0.228 e. The molecule has 7 nitrogen and oxygen atoms in total. The summed E-state index contributed by atoms with van der Waals surface area (Å²) < 4.78 is 2.14. The maximum Gasteiger partial charge on any atom is 0.228 e. The Balaban J connectivity index is 1.32. The normalized spacial score (nSPS) is 26.6. The zero-order chi connectivity index (χ0) is 24.2. The molecule has 3 aliphatic rings. The number of hydrogen-bond donors (Lipinski definition) is 2. The zero-order valence-corrected chi connectivity index (χ0v) is 20.4. The van der Waals surface area contributed by atoms with Gasteiger partial charge in [-0.1, -0.05) is 13.8 Å². The number of nitriles is 1. The molecule has 0 unspecified atom stereocenters. The van der Waals surface area contributed by atoms with Crippen molar-refractivity contribution in [1.82, 2.24) is 14.9 Å². The van der Waals surface area contributed by atoms with E-state index in [-0.39, 0.29) is 29.1 Å². The van der Waals surface area contributed by atoms with Gasteiger partial charge in [0.15, 0.2) is 0 Å². The molecule has 0 aromatic carbocycles. The van der Waals surface area contributed by atoms with E-state index in [2.05, 4.69) is 40.1 Å². The highest BCUT2D eigenvalue weighted by Crippen LogP contribution is 2.49. The van der Waals surface area contributed by atoms with Crippen LogP contribution in [-0.2, 0) is 22.6 Å². The summed E-state index contributed by atoms with van der Waals surface area (Å²) in [6, 6.07) is 6.27. The van der Waals surface area contributed by atoms with Crippen molar-refractivity contribution in [2.75, 3.05) is 12.4 Å². The third-order valence-corrected chi connectivity index (χ3v) is 8.20. The first-order chi connectivity index (χ1) is 16.2. The first-order valence-corrected chi connectivity index (χ1v) is 12.3. The van der Waals surface area contributed by atoms with Crippen LogP contribution in [0.3, 0.4) is 0 Å². The van der Waals surface area contributed by atoms with Gasteiger partial charge in [0.05, 0.1) is 0 Å². The van der Waals surface area contributed by atoms with Crippen molar-refractivity contribution in [2.24, 2.45) is 29.1 Å². The van der Waals surface area contributed by atoms with Gasteiger partial charge in [0.2, 0.25) is 11.8 Å². The number of aryl methyl sites for hydroxylation is 1. The summed E-state index contributed by atoms with van der Waals surface area (Å²) in [6.07, 6.45) is 6.18. The first-order valence-electron chi connectivity index (χ1n) is 12.3. The lowest BCUT2D eigenvalue weighted by atomic mass is 9.89. The second-order valence-electron chi connectivity index (χ2n) is 11.3. The van der Waals surface area contributed by atoms with Crippen LogP contribution in [0, 0.1) is 47.3 Å². The molecule has 0 bridgehead atoms. The van der Waals surface area contributed by atoms with Crippen LogP contribution in [0.15, 0.2) is 18.3 Å². The largest absolute Gasteiger partial charge is 0.359 e. The van der Waals surface area contributed by atoms with Crippen LogP contribution in [-0.4, -0.2) is 28.4 Å². The van der Waals surface area contributed by atoms with Crippen molar-refractivity contribution in [1.29, 1.82) is 5.26 Å². The molecule has 0 spiro atoms. The second-order valence-corrected chi connectivity index (χ2v) is 11.3. The van der Waals surface area contributed by atoms with Gasteiger partial charge in [-0.2, -0.15) is 5.26 Å². The van der Waals surface area contributed by atoms with Gasteiger partial charge in [-0.3, -0.25) is 9.59 Å². The summed E-state index contributed by atoms with van der Waals surface area (Å²) in [6.45, 7) is 7.31. The van der Waals surface area contributed by atoms with Gasteiger partial charge in [-0.25, -0.2) is 4.98 Å². The molecular weight excluding hydrogens is 426 g/mol. The highest BCUT2D eigenvalue weighted by molar-refractivity contribution is 5.93. The van der Waals surface area contributed by atoms with Crippen molar-refractivity contribution < 1.29 is 9.59 Å². The number of rotatable bonds is 4. The van der Waals surface area contributed by atoms with E-state index in [0.29, 0.717) is 23.3 Å². The van der Waals surface area contributed by atoms with Gasteiger partial charge < -0.3 is 15.2 Å². The van der Waals surface area contributed by atoms with E-state index in [0.717, 1.165) is 55.3 Å². The van der Waals surface area contributed by atoms with E-state index in [1.165, 1.54) is 5.69 Å². The molecule has 2 aromatic rings. The van der Waals surface area contributed by atoms with Crippen LogP contribution >= 0.6 is 0 Å². The minimum absolute atomic E-state index is 0.0224. The summed E-state index contributed by atoms with van der Waals surface area (Å²) in [5.41, 5.74) is 5.09. The minimum atomic E-state index is -0.0306. The summed E-state index contributed by atoms with van der Waals surface area (Å²) in [5.74, 6) is 1.69. The highest BCUT2D eigenvalue weighted by atomic mass is 16.2. The van der Waals surface area contributed by atoms with E-state index < -0.39 is 0 Å². The molecule has 178 valence electrons. The minimum Gasteiger partial charge on any atom is -0.359 e. The van der Waals surface area contributed by atoms with Crippen molar-refractivity contribution in [3.05, 3.63) is 35.3 Å². The van der Waals surface area contributed by atoms with E-state index in [1.54, 1.807) is 13.2 Å². The van der Waals surface area contributed by atoms with E-state index in [1.807, 2.05) is 19.1 Å². The van der Waals surface area contributed by atoms with Gasteiger partial charge >= 0.3 is 0 Å². The van der Waals surface area contributed by atoms with E-state index >= 15 is 0 Å². The molecule has 2 aromatic heterocycles. The molecular formula is C27H33N5O2. The third kappa shape index (κ3) is 3.89. The fourth-order valence-corrected chi connectivity index (χ4v) is 6.58. The van der Waals surface area contributed by atoms with Crippen LogP contribution in [0.4, 0.5) is 5.82 Å². The maximum absolute atomic E-state index is 13.1. The number of nitrogens with one attached hydrogen (secondary N) is 2. The van der Waals surface area contributed by atoms with Gasteiger partial charge in [-0.05, 0) is 79.5 Å². The molecule has 3 heterocycles. The van der Waals surface area contributed by atoms with Crippen LogP contribution in [0.5, 0.6) is 0 Å². The molecule has 5 rings (SSSR count).